The summed E-state index contributed by atoms with van der Waals surface area (Å²) >= 11 is 0. The van der Waals surface area contributed by atoms with E-state index >= 15 is 0 Å². The van der Waals surface area contributed by atoms with Gasteiger partial charge in [-0.05, 0) is 24.1 Å². The van der Waals surface area contributed by atoms with Crippen LogP contribution in [0.4, 0.5) is 23.4 Å². The number of anilines is 4. The smallest absolute Gasteiger partial charge is 0.233 e. The van der Waals surface area contributed by atoms with Crippen molar-refractivity contribution < 1.29 is 9.47 Å². The maximum absolute atomic E-state index is 5.37. The predicted molar refractivity (Wildman–Crippen MR) is 115 cm³/mol. The van der Waals surface area contributed by atoms with E-state index in [4.69, 9.17) is 9.47 Å². The van der Waals surface area contributed by atoms with Gasteiger partial charge in [0.1, 0.15) is 6.33 Å². The van der Waals surface area contributed by atoms with E-state index in [9.17, 15) is 0 Å². The van der Waals surface area contributed by atoms with Gasteiger partial charge in [-0.3, -0.25) is 5.10 Å². The highest BCUT2D eigenvalue weighted by Gasteiger charge is 2.11. The van der Waals surface area contributed by atoms with E-state index in [-0.39, 0.29) is 0 Å². The van der Waals surface area contributed by atoms with Gasteiger partial charge in [0.15, 0.2) is 17.3 Å². The molecule has 0 atom stereocenters. The van der Waals surface area contributed by atoms with Gasteiger partial charge in [0.25, 0.3) is 0 Å². The van der Waals surface area contributed by atoms with Gasteiger partial charge in [-0.1, -0.05) is 30.3 Å². The lowest BCUT2D eigenvalue weighted by Crippen LogP contribution is -2.04. The molecule has 0 aliphatic carbocycles. The second-order valence-electron chi connectivity index (χ2n) is 6.44. The Morgan fingerprint density at radius 3 is 2.30 bits per heavy atom. The van der Waals surface area contributed by atoms with Gasteiger partial charge in [-0.15, -0.1) is 0 Å². The first kappa shape index (κ1) is 19.2. The number of aromatic amines is 1. The first-order valence-electron chi connectivity index (χ1n) is 9.23. The molecule has 9 heteroatoms. The largest absolute Gasteiger partial charge is 0.493 e. The van der Waals surface area contributed by atoms with Crippen LogP contribution in [0, 0.1) is 6.92 Å². The molecule has 2 aromatic heterocycles. The fourth-order valence-electron chi connectivity index (χ4n) is 2.92. The average molecular weight is 403 g/mol. The summed E-state index contributed by atoms with van der Waals surface area (Å²) in [5.41, 5.74) is 3.70. The third-order valence-electron chi connectivity index (χ3n) is 4.45. The van der Waals surface area contributed by atoms with Crippen molar-refractivity contribution >= 4 is 23.4 Å². The molecule has 0 unspecified atom stereocenters. The lowest BCUT2D eigenvalue weighted by Gasteiger charge is -2.13. The standard InChI is InChI=1S/C21H21N7O2/c1-13-9-17(29-2)18(30-3)10-15(13)24-20-22-12-23-21(26-20)25-19-11-16(27-28-19)14-7-5-4-6-8-14/h4-12H,1-3H3,(H3,22,23,24,25,26,27,28). The number of hydrogen-bond acceptors (Lipinski definition) is 8. The zero-order valence-electron chi connectivity index (χ0n) is 16.8. The normalized spacial score (nSPS) is 10.5. The van der Waals surface area contributed by atoms with Gasteiger partial charge >= 0.3 is 0 Å². The number of ether oxygens (including phenoxy) is 2. The van der Waals surface area contributed by atoms with Crippen molar-refractivity contribution in [1.29, 1.82) is 0 Å². The van der Waals surface area contributed by atoms with E-state index in [1.807, 2.05) is 55.5 Å². The van der Waals surface area contributed by atoms with E-state index < -0.39 is 0 Å². The molecule has 2 heterocycles. The summed E-state index contributed by atoms with van der Waals surface area (Å²) in [6.45, 7) is 1.96. The quantitative estimate of drug-likeness (QED) is 0.423. The molecule has 0 fully saturated rings. The van der Waals surface area contributed by atoms with Crippen molar-refractivity contribution in [3.63, 3.8) is 0 Å². The number of aromatic nitrogens is 5. The Bertz CT molecular complexity index is 1150. The third-order valence-corrected chi connectivity index (χ3v) is 4.45. The first-order valence-corrected chi connectivity index (χ1v) is 9.23. The minimum atomic E-state index is 0.372. The molecule has 0 radical (unpaired) electrons. The molecule has 4 aromatic rings. The zero-order chi connectivity index (χ0) is 20.9. The van der Waals surface area contributed by atoms with Crippen LogP contribution in [0.2, 0.25) is 0 Å². The number of benzene rings is 2. The molecule has 4 rings (SSSR count). The highest BCUT2D eigenvalue weighted by Crippen LogP contribution is 2.33. The van der Waals surface area contributed by atoms with Crippen LogP contribution in [0.1, 0.15) is 5.56 Å². The molecule has 0 aliphatic rings. The second-order valence-corrected chi connectivity index (χ2v) is 6.44. The summed E-state index contributed by atoms with van der Waals surface area (Å²) in [5, 5.41) is 13.5. The number of rotatable bonds is 7. The number of methoxy groups -OCH3 is 2. The molecule has 0 aliphatic heterocycles. The van der Waals surface area contributed by atoms with E-state index in [0.29, 0.717) is 29.2 Å². The Kier molecular flexibility index (Phi) is 5.42. The van der Waals surface area contributed by atoms with Gasteiger partial charge in [0, 0.05) is 17.8 Å². The van der Waals surface area contributed by atoms with Crippen LogP contribution in [0.15, 0.2) is 54.9 Å². The molecule has 30 heavy (non-hydrogen) atoms. The van der Waals surface area contributed by atoms with Crippen molar-refractivity contribution in [2.24, 2.45) is 0 Å². The fourth-order valence-corrected chi connectivity index (χ4v) is 2.92. The van der Waals surface area contributed by atoms with Gasteiger partial charge in [-0.2, -0.15) is 10.1 Å². The number of nitrogens with one attached hydrogen (secondary N) is 3. The monoisotopic (exact) mass is 403 g/mol. The Morgan fingerprint density at radius 1 is 0.867 bits per heavy atom. The third kappa shape index (κ3) is 4.14. The highest BCUT2D eigenvalue weighted by atomic mass is 16.5. The number of nitrogens with zero attached hydrogens (tertiary/aromatic N) is 4. The van der Waals surface area contributed by atoms with Crippen molar-refractivity contribution in [2.75, 3.05) is 24.9 Å². The lowest BCUT2D eigenvalue weighted by atomic mass is 10.1. The van der Waals surface area contributed by atoms with Crippen LogP contribution in [0.25, 0.3) is 11.3 Å². The predicted octanol–water partition coefficient (Wildman–Crippen LogP) is 4.07. The van der Waals surface area contributed by atoms with Crippen molar-refractivity contribution in [3.05, 3.63) is 60.4 Å². The van der Waals surface area contributed by atoms with E-state index in [0.717, 1.165) is 22.5 Å². The molecule has 2 aromatic carbocycles. The van der Waals surface area contributed by atoms with Gasteiger partial charge in [0.05, 0.1) is 19.9 Å². The molecule has 9 nitrogen and oxygen atoms in total. The van der Waals surface area contributed by atoms with Crippen LogP contribution < -0.4 is 20.1 Å². The highest BCUT2D eigenvalue weighted by molar-refractivity contribution is 5.66. The Balaban J connectivity index is 1.52. The van der Waals surface area contributed by atoms with Crippen LogP contribution in [-0.2, 0) is 0 Å². The van der Waals surface area contributed by atoms with Crippen molar-refractivity contribution in [3.8, 4) is 22.8 Å². The SMILES string of the molecule is COc1cc(C)c(Nc2ncnc(Nc3cc(-c4ccccc4)[nH]n3)n2)cc1OC. The summed E-state index contributed by atoms with van der Waals surface area (Å²) in [7, 11) is 3.20. The van der Waals surface area contributed by atoms with Crippen molar-refractivity contribution in [2.45, 2.75) is 6.92 Å². The first-order chi connectivity index (χ1) is 14.7. The molecule has 0 amide bonds. The van der Waals surface area contributed by atoms with E-state index in [2.05, 4.69) is 35.8 Å². The van der Waals surface area contributed by atoms with E-state index in [1.165, 1.54) is 6.33 Å². The Hall–Kier alpha value is -4.14. The van der Waals surface area contributed by atoms with Crippen LogP contribution in [0.5, 0.6) is 11.5 Å². The maximum atomic E-state index is 5.37. The molecular formula is C21H21N7O2. The van der Waals surface area contributed by atoms with Crippen LogP contribution >= 0.6 is 0 Å². The minimum absolute atomic E-state index is 0.372. The molecule has 0 spiro atoms. The summed E-state index contributed by atoms with van der Waals surface area (Å²) in [6.07, 6.45) is 1.43. The molecule has 0 saturated heterocycles. The van der Waals surface area contributed by atoms with Crippen LogP contribution in [-0.4, -0.2) is 39.4 Å². The second kappa shape index (κ2) is 8.48. The van der Waals surface area contributed by atoms with Gasteiger partial charge in [-0.25, -0.2) is 9.97 Å². The fraction of sp³-hybridized carbons (Fsp3) is 0.143. The van der Waals surface area contributed by atoms with E-state index in [1.54, 1.807) is 14.2 Å². The summed E-state index contributed by atoms with van der Waals surface area (Å²) in [5.74, 6) is 2.64. The van der Waals surface area contributed by atoms with Crippen molar-refractivity contribution in [1.82, 2.24) is 25.1 Å². The molecule has 3 N–H and O–H groups in total. The number of hydrogen-bond donors (Lipinski definition) is 3. The van der Waals surface area contributed by atoms with Gasteiger partial charge < -0.3 is 20.1 Å². The molecular weight excluding hydrogens is 382 g/mol. The summed E-state index contributed by atoms with van der Waals surface area (Å²) < 4.78 is 10.7. The molecule has 0 bridgehead atoms. The summed E-state index contributed by atoms with van der Waals surface area (Å²) in [4.78, 5) is 12.8. The van der Waals surface area contributed by atoms with Crippen LogP contribution in [0.3, 0.4) is 0 Å². The summed E-state index contributed by atoms with van der Waals surface area (Å²) in [6, 6.07) is 15.6. The topological polar surface area (TPSA) is 110 Å². The lowest BCUT2D eigenvalue weighted by molar-refractivity contribution is 0.355. The Morgan fingerprint density at radius 2 is 1.57 bits per heavy atom. The molecule has 152 valence electrons. The Labute approximate surface area is 173 Å². The average Bonchev–Trinajstić information content (AvgIpc) is 3.24. The zero-order valence-corrected chi connectivity index (χ0v) is 16.8. The van der Waals surface area contributed by atoms with Gasteiger partial charge in [0.2, 0.25) is 11.9 Å². The number of aryl methyl sites for hydroxylation is 1. The number of H-pyrrole nitrogens is 1. The minimum Gasteiger partial charge on any atom is -0.493 e. The maximum Gasteiger partial charge on any atom is 0.233 e. The molecule has 0 saturated carbocycles.